The Morgan fingerprint density at radius 2 is 1.85 bits per heavy atom. The summed E-state index contributed by atoms with van der Waals surface area (Å²) in [6.45, 7) is 5.28. The number of pyridine rings is 1. The second-order valence-corrected chi connectivity index (χ2v) is 9.43. The van der Waals surface area contributed by atoms with Crippen LogP contribution in [0.1, 0.15) is 29.9 Å². The fourth-order valence-electron chi connectivity index (χ4n) is 2.95. The topological polar surface area (TPSA) is 129 Å². The highest BCUT2D eigenvalue weighted by atomic mass is 32.2. The zero-order valence-corrected chi connectivity index (χ0v) is 19.9. The summed E-state index contributed by atoms with van der Waals surface area (Å²) in [6.07, 6.45) is 2.26. The fourth-order valence-corrected chi connectivity index (χ4v) is 4.42. The monoisotopic (exact) mass is 484 g/mol. The Morgan fingerprint density at radius 3 is 2.47 bits per heavy atom. The number of sulfonamides is 1. The second kappa shape index (κ2) is 10.4. The first kappa shape index (κ1) is 24.8. The molecule has 0 N–H and O–H groups in total. The fraction of sp³-hybridized carbons (Fsp3) is 0.261. The number of aromatic nitrogens is 3. The van der Waals surface area contributed by atoms with Crippen molar-refractivity contribution in [2.45, 2.75) is 25.7 Å². The molecule has 3 aromatic rings. The molecule has 34 heavy (non-hydrogen) atoms. The maximum Gasteiger partial charge on any atom is 0.430 e. The molecule has 178 valence electrons. The highest BCUT2D eigenvalue weighted by molar-refractivity contribution is 7.93. The van der Waals surface area contributed by atoms with Crippen molar-refractivity contribution in [1.82, 2.24) is 15.0 Å². The van der Waals surface area contributed by atoms with Gasteiger partial charge in [-0.05, 0) is 25.0 Å². The van der Waals surface area contributed by atoms with Gasteiger partial charge in [0.15, 0.2) is 0 Å². The molecular formula is C23H24N4O6S. The highest BCUT2D eigenvalue weighted by Gasteiger charge is 2.38. The Labute approximate surface area is 197 Å². The first-order chi connectivity index (χ1) is 16.2. The lowest BCUT2D eigenvalue weighted by Gasteiger charge is -2.23. The Kier molecular flexibility index (Phi) is 7.57. The van der Waals surface area contributed by atoms with Crippen molar-refractivity contribution in [3.63, 3.8) is 0 Å². The van der Waals surface area contributed by atoms with Gasteiger partial charge in [0.25, 0.3) is 15.9 Å². The van der Waals surface area contributed by atoms with E-state index in [9.17, 15) is 18.0 Å². The molecule has 0 radical (unpaired) electrons. The van der Waals surface area contributed by atoms with Crippen LogP contribution in [0.4, 0.5) is 10.6 Å². The standard InChI is InChI=1S/C23H24N4O6S/c1-15(2)14-33-23(29)27(21-22(32-4)26-16(3)12-25-21)34(30,31)19-6-5-11-24-20(19)18-9-7-17(13-28)8-10-18/h5-13,15H,14H2,1-4H3. The highest BCUT2D eigenvalue weighted by Crippen LogP contribution is 2.33. The predicted octanol–water partition coefficient (Wildman–Crippen LogP) is 3.66. The van der Waals surface area contributed by atoms with Crippen LogP contribution < -0.4 is 9.04 Å². The quantitative estimate of drug-likeness (QED) is 0.440. The number of ether oxygens (including phenoxy) is 2. The van der Waals surface area contributed by atoms with E-state index in [1.54, 1.807) is 19.1 Å². The van der Waals surface area contributed by atoms with Crippen LogP contribution in [0, 0.1) is 12.8 Å². The number of hydrogen-bond acceptors (Lipinski definition) is 9. The molecular weight excluding hydrogens is 460 g/mol. The van der Waals surface area contributed by atoms with E-state index in [-0.39, 0.29) is 34.8 Å². The van der Waals surface area contributed by atoms with Crippen LogP contribution in [-0.2, 0) is 14.8 Å². The predicted molar refractivity (Wildman–Crippen MR) is 124 cm³/mol. The third-order valence-electron chi connectivity index (χ3n) is 4.54. The first-order valence-corrected chi connectivity index (χ1v) is 11.7. The molecule has 0 bridgehead atoms. The molecule has 0 spiro atoms. The summed E-state index contributed by atoms with van der Waals surface area (Å²) in [5, 5.41) is 0. The number of aryl methyl sites for hydroxylation is 1. The number of rotatable bonds is 8. The van der Waals surface area contributed by atoms with E-state index >= 15 is 0 Å². The minimum absolute atomic E-state index is 0.0144. The first-order valence-electron chi connectivity index (χ1n) is 10.3. The number of carbonyl (C=O) groups is 2. The van der Waals surface area contributed by atoms with E-state index in [1.165, 1.54) is 43.8 Å². The maximum atomic E-state index is 13.9. The Balaban J connectivity index is 2.20. The zero-order chi connectivity index (χ0) is 24.9. The van der Waals surface area contributed by atoms with Crippen molar-refractivity contribution < 1.29 is 27.5 Å². The number of carbonyl (C=O) groups excluding carboxylic acids is 2. The van der Waals surface area contributed by atoms with Gasteiger partial charge in [0.05, 0.1) is 31.3 Å². The minimum Gasteiger partial charge on any atom is -0.478 e. The summed E-state index contributed by atoms with van der Waals surface area (Å²) < 4.78 is 38.7. The van der Waals surface area contributed by atoms with Crippen LogP contribution in [0.3, 0.4) is 0 Å². The van der Waals surface area contributed by atoms with Crippen LogP contribution >= 0.6 is 0 Å². The normalized spacial score (nSPS) is 11.2. The van der Waals surface area contributed by atoms with Gasteiger partial charge in [-0.25, -0.2) is 23.2 Å². The van der Waals surface area contributed by atoms with E-state index in [2.05, 4.69) is 15.0 Å². The number of benzene rings is 1. The van der Waals surface area contributed by atoms with Gasteiger partial charge in [0.1, 0.15) is 11.2 Å². The van der Waals surface area contributed by atoms with Crippen molar-refractivity contribution in [3.8, 4) is 17.1 Å². The molecule has 0 aliphatic carbocycles. The summed E-state index contributed by atoms with van der Waals surface area (Å²) in [5.41, 5.74) is 1.40. The average Bonchev–Trinajstić information content (AvgIpc) is 2.83. The molecule has 0 unspecified atom stereocenters. The van der Waals surface area contributed by atoms with E-state index < -0.39 is 16.1 Å². The smallest absolute Gasteiger partial charge is 0.430 e. The molecule has 1 amide bonds. The third-order valence-corrected chi connectivity index (χ3v) is 6.23. The third kappa shape index (κ3) is 5.20. The van der Waals surface area contributed by atoms with Gasteiger partial charge in [0, 0.05) is 17.3 Å². The molecule has 0 saturated heterocycles. The van der Waals surface area contributed by atoms with Crippen molar-refractivity contribution in [3.05, 3.63) is 60.0 Å². The van der Waals surface area contributed by atoms with Crippen molar-refractivity contribution in [2.75, 3.05) is 18.0 Å². The van der Waals surface area contributed by atoms with Gasteiger partial charge in [0.2, 0.25) is 5.82 Å². The van der Waals surface area contributed by atoms with Gasteiger partial charge in [-0.1, -0.05) is 38.1 Å². The number of nitrogens with zero attached hydrogens (tertiary/aromatic N) is 4. The largest absolute Gasteiger partial charge is 0.478 e. The van der Waals surface area contributed by atoms with Gasteiger partial charge in [-0.2, -0.15) is 0 Å². The molecule has 0 atom stereocenters. The molecule has 2 aromatic heterocycles. The molecule has 0 saturated carbocycles. The summed E-state index contributed by atoms with van der Waals surface area (Å²) >= 11 is 0. The lowest BCUT2D eigenvalue weighted by molar-refractivity contribution is 0.112. The van der Waals surface area contributed by atoms with E-state index in [0.717, 1.165) is 0 Å². The molecule has 3 rings (SSSR count). The van der Waals surface area contributed by atoms with Crippen LogP contribution in [0.15, 0.2) is 53.7 Å². The molecule has 0 fully saturated rings. The van der Waals surface area contributed by atoms with E-state index in [0.29, 0.717) is 27.4 Å². The second-order valence-electron chi connectivity index (χ2n) is 7.67. The number of methoxy groups -OCH3 is 1. The van der Waals surface area contributed by atoms with E-state index in [4.69, 9.17) is 9.47 Å². The van der Waals surface area contributed by atoms with Gasteiger partial charge >= 0.3 is 6.09 Å². The zero-order valence-electron chi connectivity index (χ0n) is 19.1. The van der Waals surface area contributed by atoms with Crippen molar-refractivity contribution >= 4 is 28.2 Å². The van der Waals surface area contributed by atoms with Crippen molar-refractivity contribution in [1.29, 1.82) is 0 Å². The number of hydrogen-bond donors (Lipinski definition) is 0. The molecule has 2 heterocycles. The maximum absolute atomic E-state index is 13.9. The number of aldehydes is 1. The Morgan fingerprint density at radius 1 is 1.15 bits per heavy atom. The molecule has 11 heteroatoms. The summed E-state index contributed by atoms with van der Waals surface area (Å²) in [7, 11) is -3.30. The van der Waals surface area contributed by atoms with E-state index in [1.807, 2.05) is 13.8 Å². The van der Waals surface area contributed by atoms with Gasteiger partial charge in [-0.3, -0.25) is 9.78 Å². The van der Waals surface area contributed by atoms with Crippen LogP contribution in [0.25, 0.3) is 11.3 Å². The molecule has 1 aromatic carbocycles. The van der Waals surface area contributed by atoms with Crippen LogP contribution in [-0.4, -0.2) is 49.5 Å². The molecule has 10 nitrogen and oxygen atoms in total. The Hall–Kier alpha value is -3.86. The van der Waals surface area contributed by atoms with Crippen LogP contribution in [0.5, 0.6) is 5.88 Å². The summed E-state index contributed by atoms with van der Waals surface area (Å²) in [5.74, 6) is -0.538. The minimum atomic E-state index is -4.60. The molecule has 0 aliphatic rings. The summed E-state index contributed by atoms with van der Waals surface area (Å²) in [4.78, 5) is 36.3. The lowest BCUT2D eigenvalue weighted by Crippen LogP contribution is -2.39. The number of amides is 1. The molecule has 0 aliphatic heterocycles. The van der Waals surface area contributed by atoms with Gasteiger partial charge < -0.3 is 9.47 Å². The van der Waals surface area contributed by atoms with Gasteiger partial charge in [-0.15, -0.1) is 4.31 Å². The summed E-state index contributed by atoms with van der Waals surface area (Å²) in [6, 6.07) is 8.97. The lowest BCUT2D eigenvalue weighted by atomic mass is 10.1. The van der Waals surface area contributed by atoms with Crippen molar-refractivity contribution in [2.24, 2.45) is 5.92 Å². The van der Waals surface area contributed by atoms with Crippen LogP contribution in [0.2, 0.25) is 0 Å². The average molecular weight is 485 g/mol. The Bertz CT molecular complexity index is 1290. The number of anilines is 1. The SMILES string of the molecule is COc1nc(C)cnc1N(C(=O)OCC(C)C)S(=O)(=O)c1cccnc1-c1ccc(C=O)cc1.